The van der Waals surface area contributed by atoms with Gasteiger partial charge in [0.05, 0.1) is 10.6 Å². The van der Waals surface area contributed by atoms with Crippen molar-refractivity contribution >= 4 is 27.3 Å². The maximum Gasteiger partial charge on any atom is 0.265 e. The van der Waals surface area contributed by atoms with Gasteiger partial charge in [-0.25, -0.2) is 12.8 Å². The third kappa shape index (κ3) is 5.26. The number of nitrogens with zero attached hydrogens (tertiary/aromatic N) is 2. The van der Waals surface area contributed by atoms with Crippen molar-refractivity contribution in [1.82, 2.24) is 0 Å². The Morgan fingerprint density at radius 3 is 2.06 bits per heavy atom. The number of amides is 1. The van der Waals surface area contributed by atoms with Crippen molar-refractivity contribution in [3.63, 3.8) is 0 Å². The molecule has 0 atom stereocenters. The molecular weight excluding hydrogens is 431 g/mol. The van der Waals surface area contributed by atoms with Crippen molar-refractivity contribution < 1.29 is 22.3 Å². The van der Waals surface area contributed by atoms with Crippen LogP contribution in [0.1, 0.15) is 13.8 Å². The summed E-state index contributed by atoms with van der Waals surface area (Å²) < 4.78 is 45.3. The van der Waals surface area contributed by atoms with Crippen molar-refractivity contribution in [2.45, 2.75) is 24.8 Å². The molecule has 6 nitrogen and oxygen atoms in total. The van der Waals surface area contributed by atoms with E-state index >= 15 is 0 Å². The lowest BCUT2D eigenvalue weighted by atomic mass is 10.2. The summed E-state index contributed by atoms with van der Waals surface area (Å²) in [7, 11) is -2.42. The topological polar surface area (TPSA) is 66.9 Å². The van der Waals surface area contributed by atoms with E-state index in [1.165, 1.54) is 19.2 Å². The molecule has 1 amide bonds. The zero-order valence-corrected chi connectivity index (χ0v) is 18.9. The molecule has 8 heteroatoms. The Balaban J connectivity index is 1.68. The van der Waals surface area contributed by atoms with Crippen LogP contribution in [0.3, 0.4) is 0 Å². The fraction of sp³-hybridized carbons (Fsp3) is 0.208. The van der Waals surface area contributed by atoms with Gasteiger partial charge in [0.25, 0.3) is 15.9 Å². The van der Waals surface area contributed by atoms with Crippen LogP contribution in [-0.4, -0.2) is 34.0 Å². The zero-order valence-electron chi connectivity index (χ0n) is 18.1. The molecule has 0 heterocycles. The van der Waals surface area contributed by atoms with Gasteiger partial charge in [-0.15, -0.1) is 0 Å². The Hall–Kier alpha value is -3.39. The molecule has 0 fully saturated rings. The zero-order chi connectivity index (χ0) is 23.3. The van der Waals surface area contributed by atoms with Gasteiger partial charge in [-0.05, 0) is 74.5 Å². The summed E-state index contributed by atoms with van der Waals surface area (Å²) in [5.41, 5.74) is 1.19. The first-order valence-electron chi connectivity index (χ1n) is 10.0. The van der Waals surface area contributed by atoms with Crippen LogP contribution >= 0.6 is 0 Å². The number of rotatable bonds is 8. The second kappa shape index (κ2) is 9.82. The highest BCUT2D eigenvalue weighted by molar-refractivity contribution is 7.92. The molecule has 0 saturated carbocycles. The van der Waals surface area contributed by atoms with Gasteiger partial charge in [-0.1, -0.05) is 18.2 Å². The minimum Gasteiger partial charge on any atom is -0.484 e. The predicted octanol–water partition coefficient (Wildman–Crippen LogP) is 4.47. The molecule has 3 aromatic carbocycles. The normalized spacial score (nSPS) is 11.3. The summed E-state index contributed by atoms with van der Waals surface area (Å²) in [6, 6.07) is 20.3. The first-order chi connectivity index (χ1) is 15.2. The summed E-state index contributed by atoms with van der Waals surface area (Å²) >= 11 is 0. The number of hydrogen-bond donors (Lipinski definition) is 0. The molecule has 0 aromatic heterocycles. The SMILES string of the molecule is CC(C)N(C(=O)COc1ccc(N(C)S(=O)(=O)c2ccc(F)cc2)cc1)c1ccccc1. The molecule has 0 unspecified atom stereocenters. The molecule has 0 aliphatic rings. The van der Waals surface area contributed by atoms with E-state index in [1.807, 2.05) is 44.2 Å². The van der Waals surface area contributed by atoms with Gasteiger partial charge < -0.3 is 9.64 Å². The molecule has 0 saturated heterocycles. The minimum atomic E-state index is -3.83. The Morgan fingerprint density at radius 2 is 1.50 bits per heavy atom. The largest absolute Gasteiger partial charge is 0.484 e. The minimum absolute atomic E-state index is 0.0120. The Labute approximate surface area is 187 Å². The number of carbonyl (C=O) groups is 1. The third-order valence-electron chi connectivity index (χ3n) is 4.85. The van der Waals surface area contributed by atoms with E-state index in [0.717, 1.165) is 22.1 Å². The summed E-state index contributed by atoms with van der Waals surface area (Å²) in [5.74, 6) is -0.260. The predicted molar refractivity (Wildman–Crippen MR) is 123 cm³/mol. The van der Waals surface area contributed by atoms with Gasteiger partial charge >= 0.3 is 0 Å². The second-order valence-corrected chi connectivity index (χ2v) is 9.37. The summed E-state index contributed by atoms with van der Waals surface area (Å²) in [6.45, 7) is 3.70. The molecule has 0 bridgehead atoms. The van der Waals surface area contributed by atoms with E-state index in [1.54, 1.807) is 29.2 Å². The van der Waals surface area contributed by atoms with Crippen molar-refractivity contribution in [1.29, 1.82) is 0 Å². The molecule has 0 radical (unpaired) electrons. The number of benzene rings is 3. The average molecular weight is 457 g/mol. The number of sulfonamides is 1. The Kier molecular flexibility index (Phi) is 7.15. The highest BCUT2D eigenvalue weighted by Gasteiger charge is 2.22. The molecule has 0 N–H and O–H groups in total. The number of halogens is 1. The van der Waals surface area contributed by atoms with E-state index in [0.29, 0.717) is 11.4 Å². The number of ether oxygens (including phenoxy) is 1. The maximum absolute atomic E-state index is 13.1. The Bertz CT molecular complexity index is 1150. The van der Waals surface area contributed by atoms with Crippen LogP contribution in [0.15, 0.2) is 83.8 Å². The van der Waals surface area contributed by atoms with E-state index in [9.17, 15) is 17.6 Å². The molecular formula is C24H25FN2O4S. The third-order valence-corrected chi connectivity index (χ3v) is 6.65. The standard InChI is InChI=1S/C24H25FN2O4S/c1-18(2)27(21-7-5-4-6-8-21)24(28)17-31-22-13-11-20(12-14-22)26(3)32(29,30)23-15-9-19(25)10-16-23/h4-16,18H,17H2,1-3H3. The lowest BCUT2D eigenvalue weighted by Gasteiger charge is -2.27. The first-order valence-corrected chi connectivity index (χ1v) is 11.5. The van der Waals surface area contributed by atoms with Gasteiger partial charge in [-0.2, -0.15) is 0 Å². The van der Waals surface area contributed by atoms with E-state index in [2.05, 4.69) is 0 Å². The lowest BCUT2D eigenvalue weighted by molar-refractivity contribution is -0.120. The van der Waals surface area contributed by atoms with Crippen molar-refractivity contribution in [2.24, 2.45) is 0 Å². The summed E-state index contributed by atoms with van der Waals surface area (Å²) in [6.07, 6.45) is 0. The molecule has 0 aliphatic carbocycles. The van der Waals surface area contributed by atoms with Crippen LogP contribution in [0.2, 0.25) is 0 Å². The maximum atomic E-state index is 13.1. The fourth-order valence-electron chi connectivity index (χ4n) is 3.19. The molecule has 0 spiro atoms. The first kappa shape index (κ1) is 23.3. The van der Waals surface area contributed by atoms with Gasteiger partial charge in [0, 0.05) is 18.8 Å². The molecule has 168 valence electrons. The summed E-state index contributed by atoms with van der Waals surface area (Å²) in [5, 5.41) is 0. The number of para-hydroxylation sites is 1. The number of anilines is 2. The quantitative estimate of drug-likeness (QED) is 0.502. The highest BCUT2D eigenvalue weighted by Crippen LogP contribution is 2.25. The fourth-order valence-corrected chi connectivity index (χ4v) is 4.38. The average Bonchev–Trinajstić information content (AvgIpc) is 2.78. The summed E-state index contributed by atoms with van der Waals surface area (Å²) in [4.78, 5) is 14.4. The molecule has 0 aliphatic heterocycles. The van der Waals surface area contributed by atoms with E-state index in [-0.39, 0.29) is 23.5 Å². The Morgan fingerprint density at radius 1 is 0.906 bits per heavy atom. The smallest absolute Gasteiger partial charge is 0.265 e. The van der Waals surface area contributed by atoms with Gasteiger partial charge in [-0.3, -0.25) is 9.10 Å². The van der Waals surface area contributed by atoms with Crippen molar-refractivity contribution in [3.05, 3.63) is 84.7 Å². The van der Waals surface area contributed by atoms with Crippen LogP contribution in [-0.2, 0) is 14.8 Å². The van der Waals surface area contributed by atoms with Crippen molar-refractivity contribution in [2.75, 3.05) is 22.9 Å². The van der Waals surface area contributed by atoms with Crippen LogP contribution in [0.25, 0.3) is 0 Å². The van der Waals surface area contributed by atoms with Crippen molar-refractivity contribution in [3.8, 4) is 5.75 Å². The van der Waals surface area contributed by atoms with Crippen LogP contribution < -0.4 is 13.9 Å². The monoisotopic (exact) mass is 456 g/mol. The van der Waals surface area contributed by atoms with E-state index < -0.39 is 15.8 Å². The number of carbonyl (C=O) groups excluding carboxylic acids is 1. The lowest BCUT2D eigenvalue weighted by Crippen LogP contribution is -2.40. The molecule has 32 heavy (non-hydrogen) atoms. The highest BCUT2D eigenvalue weighted by atomic mass is 32.2. The number of hydrogen-bond acceptors (Lipinski definition) is 4. The second-order valence-electron chi connectivity index (χ2n) is 7.40. The van der Waals surface area contributed by atoms with Gasteiger partial charge in [0.2, 0.25) is 0 Å². The van der Waals surface area contributed by atoms with E-state index in [4.69, 9.17) is 4.74 Å². The van der Waals surface area contributed by atoms with Gasteiger partial charge in [0.1, 0.15) is 11.6 Å². The van der Waals surface area contributed by atoms with Crippen LogP contribution in [0.5, 0.6) is 5.75 Å². The molecule has 3 rings (SSSR count). The van der Waals surface area contributed by atoms with Crippen LogP contribution in [0, 0.1) is 5.82 Å². The van der Waals surface area contributed by atoms with Crippen LogP contribution in [0.4, 0.5) is 15.8 Å². The molecule has 3 aromatic rings. The van der Waals surface area contributed by atoms with Gasteiger partial charge in [0.15, 0.2) is 6.61 Å².